The van der Waals surface area contributed by atoms with Crippen LogP contribution >= 0.6 is 15.9 Å². The number of anilines is 1. The maximum Gasteiger partial charge on any atom is 0.0584 e. The van der Waals surface area contributed by atoms with Crippen LogP contribution < -0.4 is 5.73 Å². The Bertz CT molecular complexity index is 330. The molecule has 0 heterocycles. The maximum absolute atomic E-state index is 9.02. The lowest BCUT2D eigenvalue weighted by atomic mass is 10.2. The SMILES string of the molecule is CC(CO)N(C)Cc1ccc(N)cc1Br. The number of benzene rings is 1. The molecule has 1 atom stereocenters. The van der Waals surface area contributed by atoms with E-state index in [1.807, 2.05) is 32.2 Å². The first kappa shape index (κ1) is 12.5. The van der Waals surface area contributed by atoms with E-state index in [1.54, 1.807) is 0 Å². The molecular formula is C11H17BrN2O. The summed E-state index contributed by atoms with van der Waals surface area (Å²) >= 11 is 3.48. The summed E-state index contributed by atoms with van der Waals surface area (Å²) in [5.41, 5.74) is 7.59. The molecule has 0 aliphatic heterocycles. The fraction of sp³-hybridized carbons (Fsp3) is 0.455. The Balaban J connectivity index is 2.72. The van der Waals surface area contributed by atoms with Crippen molar-refractivity contribution in [1.29, 1.82) is 0 Å². The van der Waals surface area contributed by atoms with Crippen molar-refractivity contribution in [3.63, 3.8) is 0 Å². The van der Waals surface area contributed by atoms with Gasteiger partial charge in [-0.1, -0.05) is 22.0 Å². The van der Waals surface area contributed by atoms with E-state index in [1.165, 1.54) is 5.56 Å². The Kier molecular flexibility index (Phi) is 4.57. The van der Waals surface area contributed by atoms with Gasteiger partial charge < -0.3 is 10.8 Å². The lowest BCUT2D eigenvalue weighted by Crippen LogP contribution is -2.31. The first-order valence-electron chi connectivity index (χ1n) is 4.89. The third-order valence-electron chi connectivity index (χ3n) is 2.51. The Morgan fingerprint density at radius 2 is 2.20 bits per heavy atom. The van der Waals surface area contributed by atoms with Crippen molar-refractivity contribution in [2.24, 2.45) is 0 Å². The van der Waals surface area contributed by atoms with Crippen LogP contribution in [-0.2, 0) is 6.54 Å². The number of hydrogen-bond acceptors (Lipinski definition) is 3. The van der Waals surface area contributed by atoms with E-state index < -0.39 is 0 Å². The van der Waals surface area contributed by atoms with E-state index >= 15 is 0 Å². The second-order valence-corrected chi connectivity index (χ2v) is 4.65. The molecule has 0 saturated heterocycles. The van der Waals surface area contributed by atoms with Crippen LogP contribution in [0.4, 0.5) is 5.69 Å². The summed E-state index contributed by atoms with van der Waals surface area (Å²) in [4.78, 5) is 2.09. The van der Waals surface area contributed by atoms with Crippen LogP contribution in [0.3, 0.4) is 0 Å². The van der Waals surface area contributed by atoms with Gasteiger partial charge in [0.15, 0.2) is 0 Å². The van der Waals surface area contributed by atoms with Crippen LogP contribution in [-0.4, -0.2) is 29.7 Å². The Hall–Kier alpha value is -0.580. The second kappa shape index (κ2) is 5.49. The molecule has 4 heteroatoms. The number of nitrogens with two attached hydrogens (primary N) is 1. The summed E-state index contributed by atoms with van der Waals surface area (Å²) in [6.45, 7) is 2.96. The molecule has 0 amide bonds. The third-order valence-corrected chi connectivity index (χ3v) is 3.25. The highest BCUT2D eigenvalue weighted by Gasteiger charge is 2.09. The number of rotatable bonds is 4. The van der Waals surface area contributed by atoms with Gasteiger partial charge in [-0.3, -0.25) is 4.90 Å². The van der Waals surface area contributed by atoms with Gasteiger partial charge in [-0.15, -0.1) is 0 Å². The molecule has 0 radical (unpaired) electrons. The number of hydrogen-bond donors (Lipinski definition) is 2. The highest BCUT2D eigenvalue weighted by Crippen LogP contribution is 2.21. The number of nitrogens with zero attached hydrogens (tertiary/aromatic N) is 1. The smallest absolute Gasteiger partial charge is 0.0584 e. The minimum absolute atomic E-state index is 0.162. The zero-order chi connectivity index (χ0) is 11.4. The molecule has 0 spiro atoms. The fourth-order valence-corrected chi connectivity index (χ4v) is 1.78. The van der Waals surface area contributed by atoms with Crippen LogP contribution in [0.2, 0.25) is 0 Å². The summed E-state index contributed by atoms with van der Waals surface area (Å²) < 4.78 is 1.01. The first-order chi connectivity index (χ1) is 7.04. The molecule has 0 aliphatic carbocycles. The maximum atomic E-state index is 9.02. The van der Waals surface area contributed by atoms with E-state index in [0.29, 0.717) is 0 Å². The van der Waals surface area contributed by atoms with Crippen molar-refractivity contribution in [3.8, 4) is 0 Å². The van der Waals surface area contributed by atoms with Crippen molar-refractivity contribution >= 4 is 21.6 Å². The highest BCUT2D eigenvalue weighted by molar-refractivity contribution is 9.10. The molecular weight excluding hydrogens is 256 g/mol. The number of aliphatic hydroxyl groups excluding tert-OH is 1. The molecule has 84 valence electrons. The highest BCUT2D eigenvalue weighted by atomic mass is 79.9. The summed E-state index contributed by atoms with van der Waals surface area (Å²) in [6, 6.07) is 5.94. The molecule has 3 nitrogen and oxygen atoms in total. The molecule has 0 aromatic heterocycles. The second-order valence-electron chi connectivity index (χ2n) is 3.80. The average molecular weight is 273 g/mol. The lowest BCUT2D eigenvalue weighted by Gasteiger charge is -2.23. The van der Waals surface area contributed by atoms with Gasteiger partial charge in [0.05, 0.1) is 6.61 Å². The number of likely N-dealkylation sites (N-methyl/N-ethyl adjacent to an activating group) is 1. The zero-order valence-corrected chi connectivity index (χ0v) is 10.7. The van der Waals surface area contributed by atoms with E-state index in [9.17, 15) is 0 Å². The van der Waals surface area contributed by atoms with E-state index in [0.717, 1.165) is 16.7 Å². The molecule has 0 bridgehead atoms. The number of nitrogen functional groups attached to an aromatic ring is 1. The molecule has 0 saturated carbocycles. The van der Waals surface area contributed by atoms with Crippen LogP contribution in [0.15, 0.2) is 22.7 Å². The molecule has 0 aliphatic rings. The number of halogens is 1. The van der Waals surface area contributed by atoms with Crippen molar-refractivity contribution in [3.05, 3.63) is 28.2 Å². The zero-order valence-electron chi connectivity index (χ0n) is 9.07. The standard InChI is InChI=1S/C11H17BrN2O/c1-8(7-15)14(2)6-9-3-4-10(13)5-11(9)12/h3-5,8,15H,6-7,13H2,1-2H3. The largest absolute Gasteiger partial charge is 0.399 e. The van der Waals surface area contributed by atoms with E-state index in [4.69, 9.17) is 10.8 Å². The minimum atomic E-state index is 0.162. The molecule has 0 fully saturated rings. The summed E-state index contributed by atoms with van der Waals surface area (Å²) in [7, 11) is 1.99. The van der Waals surface area contributed by atoms with Crippen molar-refractivity contribution < 1.29 is 5.11 Å². The van der Waals surface area contributed by atoms with Crippen LogP contribution in [0.25, 0.3) is 0 Å². The first-order valence-corrected chi connectivity index (χ1v) is 5.69. The fourth-order valence-electron chi connectivity index (χ4n) is 1.26. The van der Waals surface area contributed by atoms with Gasteiger partial charge >= 0.3 is 0 Å². The van der Waals surface area contributed by atoms with Gasteiger partial charge in [0.2, 0.25) is 0 Å². The van der Waals surface area contributed by atoms with Gasteiger partial charge in [-0.2, -0.15) is 0 Å². The third kappa shape index (κ3) is 3.48. The normalized spacial score (nSPS) is 13.1. The molecule has 1 aromatic carbocycles. The van der Waals surface area contributed by atoms with Gasteiger partial charge in [0, 0.05) is 22.7 Å². The molecule has 1 unspecified atom stereocenters. The number of aliphatic hydroxyl groups is 1. The van der Waals surface area contributed by atoms with Crippen LogP contribution in [0, 0.1) is 0 Å². The van der Waals surface area contributed by atoms with Gasteiger partial charge in [-0.25, -0.2) is 0 Å². The van der Waals surface area contributed by atoms with Crippen molar-refractivity contribution in [1.82, 2.24) is 4.90 Å². The summed E-state index contributed by atoms with van der Waals surface area (Å²) in [5, 5.41) is 9.02. The van der Waals surface area contributed by atoms with Gasteiger partial charge in [0.1, 0.15) is 0 Å². The van der Waals surface area contributed by atoms with Gasteiger partial charge in [0.25, 0.3) is 0 Å². The predicted octanol–water partition coefficient (Wildman–Crippen LogP) is 1.84. The summed E-state index contributed by atoms with van der Waals surface area (Å²) in [6.07, 6.45) is 0. The van der Waals surface area contributed by atoms with Crippen LogP contribution in [0.5, 0.6) is 0 Å². The molecule has 15 heavy (non-hydrogen) atoms. The minimum Gasteiger partial charge on any atom is -0.399 e. The average Bonchev–Trinajstić information content (AvgIpc) is 2.20. The monoisotopic (exact) mass is 272 g/mol. The van der Waals surface area contributed by atoms with E-state index in [-0.39, 0.29) is 12.6 Å². The lowest BCUT2D eigenvalue weighted by molar-refractivity contribution is 0.154. The molecule has 1 aromatic rings. The predicted molar refractivity (Wildman–Crippen MR) is 66.6 cm³/mol. The van der Waals surface area contributed by atoms with Gasteiger partial charge in [-0.05, 0) is 31.7 Å². The molecule has 1 rings (SSSR count). The van der Waals surface area contributed by atoms with Crippen molar-refractivity contribution in [2.45, 2.75) is 19.5 Å². The van der Waals surface area contributed by atoms with Crippen molar-refractivity contribution in [2.75, 3.05) is 19.4 Å². The Labute approximate surface area is 99.0 Å². The molecule has 3 N–H and O–H groups in total. The van der Waals surface area contributed by atoms with Crippen LogP contribution in [0.1, 0.15) is 12.5 Å². The Morgan fingerprint density at radius 3 is 2.73 bits per heavy atom. The summed E-state index contributed by atoms with van der Waals surface area (Å²) in [5.74, 6) is 0. The topological polar surface area (TPSA) is 49.5 Å². The van der Waals surface area contributed by atoms with E-state index in [2.05, 4.69) is 20.8 Å². The Morgan fingerprint density at radius 1 is 1.53 bits per heavy atom. The quantitative estimate of drug-likeness (QED) is 0.823.